The van der Waals surface area contributed by atoms with Crippen molar-refractivity contribution in [1.29, 1.82) is 0 Å². The van der Waals surface area contributed by atoms with Gasteiger partial charge < -0.3 is 19.5 Å². The summed E-state index contributed by atoms with van der Waals surface area (Å²) in [6, 6.07) is 21.6. The van der Waals surface area contributed by atoms with Gasteiger partial charge in [-0.3, -0.25) is 10.1 Å². The molecule has 1 N–H and O–H groups in total. The molecule has 1 atom stereocenters. The van der Waals surface area contributed by atoms with Gasteiger partial charge in [0.2, 0.25) is 0 Å². The molecule has 0 heterocycles. The minimum atomic E-state index is -1.27. The highest BCUT2D eigenvalue weighted by atomic mass is 32.2. The number of benzene rings is 3. The van der Waals surface area contributed by atoms with Gasteiger partial charge in [-0.15, -0.1) is 0 Å². The molecule has 0 fully saturated rings. The Kier molecular flexibility index (Phi) is 9.83. The fourth-order valence-corrected chi connectivity index (χ4v) is 3.47. The van der Waals surface area contributed by atoms with E-state index in [1.54, 1.807) is 36.4 Å². The molecular weight excluding hydrogens is 488 g/mol. The highest BCUT2D eigenvalue weighted by molar-refractivity contribution is 8.13. The summed E-state index contributed by atoms with van der Waals surface area (Å²) in [5, 5.41) is 12.6. The van der Waals surface area contributed by atoms with Crippen LogP contribution in [-0.4, -0.2) is 34.1 Å². The van der Waals surface area contributed by atoms with Crippen LogP contribution in [0.3, 0.4) is 0 Å². The normalized spacial score (nSPS) is 11.1. The Morgan fingerprint density at radius 2 is 1.39 bits per heavy atom. The van der Waals surface area contributed by atoms with Crippen molar-refractivity contribution in [1.82, 2.24) is 5.32 Å². The van der Waals surface area contributed by atoms with E-state index in [0.717, 1.165) is 11.1 Å². The van der Waals surface area contributed by atoms with Gasteiger partial charge in [0.1, 0.15) is 25.0 Å². The van der Waals surface area contributed by atoms with Gasteiger partial charge in [0.15, 0.2) is 0 Å². The molecule has 3 aromatic carbocycles. The largest absolute Gasteiger partial charge is 0.453 e. The molecule has 0 saturated carbocycles. The van der Waals surface area contributed by atoms with E-state index in [-0.39, 0.29) is 30.4 Å². The Balaban J connectivity index is 1.59. The van der Waals surface area contributed by atoms with Crippen LogP contribution >= 0.6 is 11.8 Å². The molecule has 1 amide bonds. The lowest BCUT2D eigenvalue weighted by Gasteiger charge is -2.17. The van der Waals surface area contributed by atoms with Crippen molar-refractivity contribution in [3.05, 3.63) is 106 Å². The summed E-state index contributed by atoms with van der Waals surface area (Å²) < 4.78 is 15.6. The lowest BCUT2D eigenvalue weighted by Crippen LogP contribution is -2.45. The van der Waals surface area contributed by atoms with Gasteiger partial charge in [0.05, 0.1) is 4.92 Å². The quantitative estimate of drug-likeness (QED) is 0.175. The number of alkyl carbamates (subject to hydrolysis) is 1. The second-order valence-electron chi connectivity index (χ2n) is 7.27. The molecule has 36 heavy (non-hydrogen) atoms. The van der Waals surface area contributed by atoms with Crippen LogP contribution in [-0.2, 0) is 27.5 Å². The predicted molar refractivity (Wildman–Crippen MR) is 131 cm³/mol. The van der Waals surface area contributed by atoms with Crippen LogP contribution < -0.4 is 10.1 Å². The van der Waals surface area contributed by atoms with Gasteiger partial charge >= 0.3 is 17.4 Å². The second kappa shape index (κ2) is 13.5. The smallest absolute Gasteiger partial charge is 0.408 e. The topological polar surface area (TPSA) is 134 Å². The monoisotopic (exact) mass is 510 g/mol. The number of carbonyl (C=O) groups is 3. The molecule has 0 spiro atoms. The number of hydrogen-bond donors (Lipinski definition) is 1. The molecule has 186 valence electrons. The second-order valence-corrected chi connectivity index (χ2v) is 8.22. The first-order valence-corrected chi connectivity index (χ1v) is 11.7. The van der Waals surface area contributed by atoms with Crippen LogP contribution in [0.4, 0.5) is 15.3 Å². The summed E-state index contributed by atoms with van der Waals surface area (Å²) in [7, 11) is 0. The number of thioether (sulfide) groups is 1. The number of nitrogens with zero attached hydrogens (tertiary/aromatic N) is 1. The number of nitro benzene ring substituents is 1. The van der Waals surface area contributed by atoms with Gasteiger partial charge in [-0.1, -0.05) is 60.7 Å². The van der Waals surface area contributed by atoms with Crippen molar-refractivity contribution in [2.45, 2.75) is 19.3 Å². The maximum atomic E-state index is 12.7. The van der Waals surface area contributed by atoms with E-state index >= 15 is 0 Å². The van der Waals surface area contributed by atoms with Crippen molar-refractivity contribution in [2.24, 2.45) is 0 Å². The van der Waals surface area contributed by atoms with Crippen LogP contribution in [0.1, 0.15) is 11.1 Å². The maximum absolute atomic E-state index is 12.7. The van der Waals surface area contributed by atoms with E-state index in [9.17, 15) is 24.5 Å². The summed E-state index contributed by atoms with van der Waals surface area (Å²) in [6.45, 7) is 0.0280. The standard InChI is InChI=1S/C25H22N2O8S/c28-23(35-21-13-11-20(12-14-21)27(31)32)22(26-24(29)33-15-18-7-3-1-4-8-18)17-36-25(30)34-16-19-9-5-2-6-10-19/h1-14,22H,15-17H2,(H,26,29)/t22-/m1/s1. The predicted octanol–water partition coefficient (Wildman–Crippen LogP) is 4.87. The highest BCUT2D eigenvalue weighted by Gasteiger charge is 2.26. The Morgan fingerprint density at radius 1 is 0.833 bits per heavy atom. The number of nitrogens with one attached hydrogen (secondary N) is 1. The number of ether oxygens (including phenoxy) is 3. The van der Waals surface area contributed by atoms with E-state index in [2.05, 4.69) is 5.32 Å². The maximum Gasteiger partial charge on any atom is 0.408 e. The van der Waals surface area contributed by atoms with E-state index in [1.165, 1.54) is 24.3 Å². The first-order valence-electron chi connectivity index (χ1n) is 10.7. The van der Waals surface area contributed by atoms with Gasteiger partial charge in [0.25, 0.3) is 5.69 Å². The number of carbonyl (C=O) groups excluding carboxylic acids is 3. The summed E-state index contributed by atoms with van der Waals surface area (Å²) in [5.74, 6) is -1.05. The molecular formula is C25H22N2O8S. The molecule has 11 heteroatoms. The minimum absolute atomic E-state index is 0.0247. The Bertz CT molecular complexity index is 1170. The molecule has 0 unspecified atom stereocenters. The Morgan fingerprint density at radius 3 is 1.94 bits per heavy atom. The highest BCUT2D eigenvalue weighted by Crippen LogP contribution is 2.19. The fourth-order valence-electron chi connectivity index (χ4n) is 2.81. The van der Waals surface area contributed by atoms with Crippen LogP contribution in [0.15, 0.2) is 84.9 Å². The zero-order chi connectivity index (χ0) is 25.8. The summed E-state index contributed by atoms with van der Waals surface area (Å²) >= 11 is 0.684. The molecule has 0 radical (unpaired) electrons. The molecule has 0 aliphatic rings. The SMILES string of the molecule is O=C(N[C@H](CSC(=O)OCc1ccccc1)C(=O)Oc1ccc([N+](=O)[O-])cc1)OCc1ccccc1. The first-order chi connectivity index (χ1) is 17.4. The molecule has 3 rings (SSSR count). The number of hydrogen-bond acceptors (Lipinski definition) is 9. The molecule has 0 saturated heterocycles. The molecule has 0 bridgehead atoms. The van der Waals surface area contributed by atoms with Crippen molar-refractivity contribution < 1.29 is 33.5 Å². The summed E-state index contributed by atoms with van der Waals surface area (Å²) in [6.07, 6.45) is -0.886. The fraction of sp³-hybridized carbons (Fsp3) is 0.160. The molecule has 0 aliphatic heterocycles. The Labute approximate surface area is 210 Å². The van der Waals surface area contributed by atoms with Crippen molar-refractivity contribution in [3.8, 4) is 5.75 Å². The van der Waals surface area contributed by atoms with Gasteiger partial charge in [-0.25, -0.2) is 14.4 Å². The molecule has 10 nitrogen and oxygen atoms in total. The van der Waals surface area contributed by atoms with E-state index < -0.39 is 28.3 Å². The van der Waals surface area contributed by atoms with Crippen molar-refractivity contribution in [2.75, 3.05) is 5.75 Å². The molecule has 0 aromatic heterocycles. The third kappa shape index (κ3) is 8.76. The molecule has 3 aromatic rings. The van der Waals surface area contributed by atoms with E-state index in [1.807, 2.05) is 24.3 Å². The average Bonchev–Trinajstić information content (AvgIpc) is 2.90. The van der Waals surface area contributed by atoms with Crippen molar-refractivity contribution in [3.63, 3.8) is 0 Å². The first kappa shape index (κ1) is 26.2. The number of rotatable bonds is 10. The number of nitro groups is 1. The van der Waals surface area contributed by atoms with Crippen LogP contribution in [0, 0.1) is 10.1 Å². The summed E-state index contributed by atoms with van der Waals surface area (Å²) in [4.78, 5) is 47.5. The van der Waals surface area contributed by atoms with Gasteiger partial charge in [-0.2, -0.15) is 0 Å². The number of non-ortho nitro benzene ring substituents is 1. The number of amides is 1. The summed E-state index contributed by atoms with van der Waals surface area (Å²) in [5.41, 5.74) is 1.37. The zero-order valence-electron chi connectivity index (χ0n) is 18.9. The van der Waals surface area contributed by atoms with E-state index in [0.29, 0.717) is 11.8 Å². The third-order valence-electron chi connectivity index (χ3n) is 4.62. The van der Waals surface area contributed by atoms with Crippen molar-refractivity contribution >= 4 is 34.8 Å². The Hall–Kier alpha value is -4.38. The van der Waals surface area contributed by atoms with Gasteiger partial charge in [0, 0.05) is 17.9 Å². The lowest BCUT2D eigenvalue weighted by atomic mass is 10.2. The molecule has 0 aliphatic carbocycles. The minimum Gasteiger partial charge on any atom is -0.453 e. The van der Waals surface area contributed by atoms with Crippen LogP contribution in [0.2, 0.25) is 0 Å². The van der Waals surface area contributed by atoms with Gasteiger partial charge in [-0.05, 0) is 35.0 Å². The number of esters is 1. The zero-order valence-corrected chi connectivity index (χ0v) is 19.7. The van der Waals surface area contributed by atoms with Crippen LogP contribution in [0.25, 0.3) is 0 Å². The average molecular weight is 511 g/mol. The van der Waals surface area contributed by atoms with Crippen LogP contribution in [0.5, 0.6) is 5.75 Å². The van der Waals surface area contributed by atoms with E-state index in [4.69, 9.17) is 14.2 Å². The third-order valence-corrected chi connectivity index (χ3v) is 5.48. The lowest BCUT2D eigenvalue weighted by molar-refractivity contribution is -0.384.